The van der Waals surface area contributed by atoms with Crippen LogP contribution in [0.4, 0.5) is 0 Å². The van der Waals surface area contributed by atoms with Gasteiger partial charge in [0.05, 0.1) is 5.92 Å². The Bertz CT molecular complexity index is 303. The molecule has 3 N–H and O–H groups in total. The highest BCUT2D eigenvalue weighted by Crippen LogP contribution is 2.29. The summed E-state index contributed by atoms with van der Waals surface area (Å²) >= 11 is 0. The molecule has 1 heterocycles. The minimum absolute atomic E-state index is 0.0254. The lowest BCUT2D eigenvalue weighted by Crippen LogP contribution is -2.52. The molecular weight excluding hydrogens is 250 g/mol. The van der Waals surface area contributed by atoms with Crippen molar-refractivity contribution < 1.29 is 4.79 Å². The summed E-state index contributed by atoms with van der Waals surface area (Å²) in [5, 5.41) is 3.27. The van der Waals surface area contributed by atoms with E-state index in [0.717, 1.165) is 38.8 Å². The fourth-order valence-corrected chi connectivity index (χ4v) is 3.82. The maximum Gasteiger partial charge on any atom is 0.225 e. The van der Waals surface area contributed by atoms with Gasteiger partial charge in [-0.25, -0.2) is 0 Å². The van der Waals surface area contributed by atoms with Crippen LogP contribution in [0.5, 0.6) is 0 Å². The fraction of sp³-hybridized carbons (Fsp3) is 0.938. The van der Waals surface area contributed by atoms with Crippen LogP contribution in [0.2, 0.25) is 0 Å². The summed E-state index contributed by atoms with van der Waals surface area (Å²) in [7, 11) is 0. The quantitative estimate of drug-likeness (QED) is 0.825. The molecule has 0 aromatic carbocycles. The molecule has 4 heteroatoms. The van der Waals surface area contributed by atoms with Gasteiger partial charge in [0.15, 0.2) is 0 Å². The molecule has 1 amide bonds. The van der Waals surface area contributed by atoms with Gasteiger partial charge in [-0.2, -0.15) is 0 Å². The van der Waals surface area contributed by atoms with E-state index < -0.39 is 0 Å². The molecular formula is C16H31N3O. The number of nitrogens with two attached hydrogens (primary N) is 1. The average molecular weight is 281 g/mol. The number of nitrogens with one attached hydrogen (secondary N) is 1. The molecule has 1 saturated heterocycles. The van der Waals surface area contributed by atoms with Crippen molar-refractivity contribution >= 4 is 5.91 Å². The summed E-state index contributed by atoms with van der Waals surface area (Å²) in [5.41, 5.74) is 6.17. The zero-order chi connectivity index (χ0) is 14.5. The number of carbonyl (C=O) groups is 1. The minimum atomic E-state index is 0.0254. The van der Waals surface area contributed by atoms with Crippen molar-refractivity contribution in [3.8, 4) is 0 Å². The number of hydrogen-bond acceptors (Lipinski definition) is 3. The SMILES string of the molecule is CCCN1CCC(NC(=O)C2C(C)CCCC2N)CC1. The zero-order valence-electron chi connectivity index (χ0n) is 13.1. The summed E-state index contributed by atoms with van der Waals surface area (Å²) in [6.45, 7) is 7.81. The number of nitrogens with zero attached hydrogens (tertiary/aromatic N) is 1. The van der Waals surface area contributed by atoms with Gasteiger partial charge in [-0.15, -0.1) is 0 Å². The summed E-state index contributed by atoms with van der Waals surface area (Å²) in [6, 6.07) is 0.413. The van der Waals surface area contributed by atoms with E-state index in [4.69, 9.17) is 5.73 Å². The van der Waals surface area contributed by atoms with Gasteiger partial charge in [-0.1, -0.05) is 20.3 Å². The van der Waals surface area contributed by atoms with Gasteiger partial charge in [0.2, 0.25) is 5.91 Å². The second-order valence-electron chi connectivity index (χ2n) is 6.72. The van der Waals surface area contributed by atoms with Crippen LogP contribution in [-0.4, -0.2) is 42.5 Å². The Morgan fingerprint density at radius 1 is 1.25 bits per heavy atom. The second-order valence-corrected chi connectivity index (χ2v) is 6.72. The third-order valence-corrected chi connectivity index (χ3v) is 5.05. The Morgan fingerprint density at radius 3 is 2.55 bits per heavy atom. The average Bonchev–Trinajstić information content (AvgIpc) is 2.41. The molecule has 3 atom stereocenters. The minimum Gasteiger partial charge on any atom is -0.353 e. The van der Waals surface area contributed by atoms with Crippen molar-refractivity contribution in [3.63, 3.8) is 0 Å². The summed E-state index contributed by atoms with van der Waals surface area (Å²) in [5.74, 6) is 0.662. The van der Waals surface area contributed by atoms with Crippen LogP contribution in [0, 0.1) is 11.8 Å². The molecule has 2 aliphatic rings. The lowest BCUT2D eigenvalue weighted by Gasteiger charge is -2.36. The van der Waals surface area contributed by atoms with E-state index in [2.05, 4.69) is 24.1 Å². The first-order chi connectivity index (χ1) is 9.61. The van der Waals surface area contributed by atoms with Gasteiger partial charge in [-0.3, -0.25) is 4.79 Å². The van der Waals surface area contributed by atoms with Crippen LogP contribution >= 0.6 is 0 Å². The molecule has 0 aromatic heterocycles. The van der Waals surface area contributed by atoms with Crippen LogP contribution in [-0.2, 0) is 4.79 Å². The van der Waals surface area contributed by atoms with Gasteiger partial charge in [0, 0.05) is 25.2 Å². The Morgan fingerprint density at radius 2 is 1.95 bits per heavy atom. The Kier molecular flexibility index (Phi) is 5.85. The second kappa shape index (κ2) is 7.41. The Hall–Kier alpha value is -0.610. The molecule has 1 aliphatic carbocycles. The van der Waals surface area contributed by atoms with Gasteiger partial charge in [0.1, 0.15) is 0 Å². The monoisotopic (exact) mass is 281 g/mol. The van der Waals surface area contributed by atoms with Crippen molar-refractivity contribution in [2.45, 2.75) is 64.5 Å². The number of piperidine rings is 1. The van der Waals surface area contributed by atoms with E-state index in [1.54, 1.807) is 0 Å². The number of likely N-dealkylation sites (tertiary alicyclic amines) is 1. The van der Waals surface area contributed by atoms with Crippen molar-refractivity contribution in [1.82, 2.24) is 10.2 Å². The highest BCUT2D eigenvalue weighted by molar-refractivity contribution is 5.80. The van der Waals surface area contributed by atoms with Crippen LogP contribution in [0.3, 0.4) is 0 Å². The van der Waals surface area contributed by atoms with Crippen LogP contribution in [0.1, 0.15) is 52.4 Å². The normalized spacial score (nSPS) is 33.0. The van der Waals surface area contributed by atoms with Crippen molar-refractivity contribution in [2.24, 2.45) is 17.6 Å². The third kappa shape index (κ3) is 3.95. The molecule has 2 fully saturated rings. The zero-order valence-corrected chi connectivity index (χ0v) is 13.1. The van der Waals surface area contributed by atoms with Crippen molar-refractivity contribution in [1.29, 1.82) is 0 Å². The molecule has 1 saturated carbocycles. The van der Waals surface area contributed by atoms with E-state index in [1.807, 2.05) is 0 Å². The molecule has 1 aliphatic heterocycles. The highest BCUT2D eigenvalue weighted by atomic mass is 16.2. The number of hydrogen-bond donors (Lipinski definition) is 2. The Labute approximate surface area is 123 Å². The van der Waals surface area contributed by atoms with E-state index >= 15 is 0 Å². The van der Waals surface area contributed by atoms with Gasteiger partial charge < -0.3 is 16.0 Å². The summed E-state index contributed by atoms with van der Waals surface area (Å²) in [6.07, 6.45) is 6.69. The molecule has 20 heavy (non-hydrogen) atoms. The first-order valence-electron chi connectivity index (χ1n) is 8.40. The number of amides is 1. The molecule has 0 spiro atoms. The molecule has 4 nitrogen and oxygen atoms in total. The summed E-state index contributed by atoms with van der Waals surface area (Å²) in [4.78, 5) is 15.0. The number of rotatable bonds is 4. The molecule has 0 aromatic rings. The van der Waals surface area contributed by atoms with Crippen LogP contribution < -0.4 is 11.1 Å². The summed E-state index contributed by atoms with van der Waals surface area (Å²) < 4.78 is 0. The van der Waals surface area contributed by atoms with E-state index in [0.29, 0.717) is 12.0 Å². The standard InChI is InChI=1S/C16H31N3O/c1-3-9-19-10-7-13(8-11-19)18-16(20)15-12(2)5-4-6-14(15)17/h12-15H,3-11,17H2,1-2H3,(H,18,20). The predicted octanol–water partition coefficient (Wildman–Crippen LogP) is 1.74. The topological polar surface area (TPSA) is 58.4 Å². The van der Waals surface area contributed by atoms with Crippen molar-refractivity contribution in [2.75, 3.05) is 19.6 Å². The molecule has 2 rings (SSSR count). The molecule has 116 valence electrons. The lowest BCUT2D eigenvalue weighted by molar-refractivity contribution is -0.129. The lowest BCUT2D eigenvalue weighted by atomic mass is 9.76. The maximum atomic E-state index is 12.5. The smallest absolute Gasteiger partial charge is 0.225 e. The fourth-order valence-electron chi connectivity index (χ4n) is 3.82. The predicted molar refractivity (Wildman–Crippen MR) is 82.4 cm³/mol. The third-order valence-electron chi connectivity index (χ3n) is 5.05. The Balaban J connectivity index is 1.80. The molecule has 3 unspecified atom stereocenters. The molecule has 0 radical (unpaired) electrons. The van der Waals surface area contributed by atoms with E-state index in [-0.39, 0.29) is 17.9 Å². The first-order valence-corrected chi connectivity index (χ1v) is 8.40. The molecule has 0 bridgehead atoms. The van der Waals surface area contributed by atoms with E-state index in [9.17, 15) is 4.79 Å². The van der Waals surface area contributed by atoms with Gasteiger partial charge in [-0.05, 0) is 44.6 Å². The van der Waals surface area contributed by atoms with Gasteiger partial charge in [0.25, 0.3) is 0 Å². The van der Waals surface area contributed by atoms with Gasteiger partial charge >= 0.3 is 0 Å². The van der Waals surface area contributed by atoms with E-state index in [1.165, 1.54) is 19.4 Å². The maximum absolute atomic E-state index is 12.5. The van der Waals surface area contributed by atoms with Crippen molar-refractivity contribution in [3.05, 3.63) is 0 Å². The van der Waals surface area contributed by atoms with Crippen LogP contribution in [0.25, 0.3) is 0 Å². The largest absolute Gasteiger partial charge is 0.353 e. The first kappa shape index (κ1) is 15.8. The number of carbonyl (C=O) groups excluding carboxylic acids is 1. The van der Waals surface area contributed by atoms with Crippen LogP contribution in [0.15, 0.2) is 0 Å². The highest BCUT2D eigenvalue weighted by Gasteiger charge is 2.35.